The van der Waals surface area contributed by atoms with Crippen LogP contribution in [0.1, 0.15) is 18.9 Å². The Kier molecular flexibility index (Phi) is 8.04. The fourth-order valence-electron chi connectivity index (χ4n) is 2.74. The summed E-state index contributed by atoms with van der Waals surface area (Å²) in [5.41, 5.74) is 0. The summed E-state index contributed by atoms with van der Waals surface area (Å²) in [6, 6.07) is 14.8. The van der Waals surface area contributed by atoms with Crippen LogP contribution in [-0.4, -0.2) is 34.2 Å². The topological polar surface area (TPSA) is 58.4 Å². The number of aromatic nitrogens is 3. The van der Waals surface area contributed by atoms with E-state index in [0.717, 1.165) is 34.0 Å². The van der Waals surface area contributed by atoms with E-state index >= 15 is 0 Å². The zero-order chi connectivity index (χ0) is 21.3. The molecule has 0 fully saturated rings. The highest BCUT2D eigenvalue weighted by molar-refractivity contribution is 7.99. The van der Waals surface area contributed by atoms with E-state index in [9.17, 15) is 0 Å². The van der Waals surface area contributed by atoms with Crippen LogP contribution >= 0.6 is 23.4 Å². The molecule has 1 aromatic heterocycles. The molecular formula is C22H24ClN3O3S. The van der Waals surface area contributed by atoms with Gasteiger partial charge in [-0.25, -0.2) is 0 Å². The van der Waals surface area contributed by atoms with Crippen molar-refractivity contribution in [3.8, 4) is 17.2 Å². The summed E-state index contributed by atoms with van der Waals surface area (Å²) in [6.07, 6.45) is 1.55. The molecule has 0 aliphatic heterocycles. The lowest BCUT2D eigenvalue weighted by Gasteiger charge is -2.16. The molecule has 0 saturated heterocycles. The number of hydrogen-bond acceptors (Lipinski definition) is 6. The van der Waals surface area contributed by atoms with Gasteiger partial charge in [0, 0.05) is 17.3 Å². The first-order valence-electron chi connectivity index (χ1n) is 9.46. The van der Waals surface area contributed by atoms with Crippen molar-refractivity contribution in [2.24, 2.45) is 0 Å². The average Bonchev–Trinajstić information content (AvgIpc) is 3.16. The maximum Gasteiger partial charge on any atom is 0.191 e. The van der Waals surface area contributed by atoms with Gasteiger partial charge in [-0.1, -0.05) is 29.4 Å². The SMILES string of the molecule is C=CCn1c(SCCOc2ccc(Cl)cc2)nnc1C(C)Oc1ccc(OC)cc1. The van der Waals surface area contributed by atoms with E-state index in [1.54, 1.807) is 31.0 Å². The van der Waals surface area contributed by atoms with Crippen LogP contribution in [0.3, 0.4) is 0 Å². The van der Waals surface area contributed by atoms with Crippen LogP contribution in [-0.2, 0) is 6.54 Å². The normalized spacial score (nSPS) is 11.7. The van der Waals surface area contributed by atoms with Gasteiger partial charge in [0.2, 0.25) is 0 Å². The minimum absolute atomic E-state index is 0.273. The molecule has 30 heavy (non-hydrogen) atoms. The van der Waals surface area contributed by atoms with E-state index in [1.807, 2.05) is 54.0 Å². The summed E-state index contributed by atoms with van der Waals surface area (Å²) < 4.78 is 19.0. The third kappa shape index (κ3) is 5.93. The van der Waals surface area contributed by atoms with Gasteiger partial charge in [0.15, 0.2) is 17.1 Å². The molecule has 8 heteroatoms. The Morgan fingerprint density at radius 1 is 1.07 bits per heavy atom. The average molecular weight is 446 g/mol. The van der Waals surface area contributed by atoms with Crippen LogP contribution in [0.4, 0.5) is 0 Å². The van der Waals surface area contributed by atoms with Crippen LogP contribution in [0.15, 0.2) is 66.3 Å². The second-order valence-electron chi connectivity index (χ2n) is 6.33. The van der Waals surface area contributed by atoms with E-state index in [1.165, 1.54) is 0 Å². The number of hydrogen-bond donors (Lipinski definition) is 0. The van der Waals surface area contributed by atoms with Crippen molar-refractivity contribution in [3.05, 3.63) is 72.0 Å². The molecule has 0 radical (unpaired) electrons. The summed E-state index contributed by atoms with van der Waals surface area (Å²) in [5, 5.41) is 10.2. The zero-order valence-electron chi connectivity index (χ0n) is 17.0. The number of methoxy groups -OCH3 is 1. The molecule has 1 heterocycles. The quantitative estimate of drug-likeness (QED) is 0.222. The fraction of sp³-hybridized carbons (Fsp3) is 0.273. The molecule has 6 nitrogen and oxygen atoms in total. The van der Waals surface area contributed by atoms with Gasteiger partial charge in [-0.3, -0.25) is 4.57 Å². The van der Waals surface area contributed by atoms with Gasteiger partial charge in [-0.05, 0) is 55.5 Å². The van der Waals surface area contributed by atoms with Crippen LogP contribution in [0, 0.1) is 0 Å². The summed E-state index contributed by atoms with van der Waals surface area (Å²) in [4.78, 5) is 0. The molecule has 158 valence electrons. The van der Waals surface area contributed by atoms with Gasteiger partial charge in [-0.2, -0.15) is 0 Å². The van der Waals surface area contributed by atoms with E-state index < -0.39 is 0 Å². The lowest BCUT2D eigenvalue weighted by Crippen LogP contribution is -2.12. The maximum atomic E-state index is 6.04. The van der Waals surface area contributed by atoms with Crippen molar-refractivity contribution in [2.75, 3.05) is 19.5 Å². The molecule has 0 aliphatic rings. The molecule has 3 aromatic rings. The fourth-order valence-corrected chi connectivity index (χ4v) is 3.64. The monoisotopic (exact) mass is 445 g/mol. The number of rotatable bonds is 11. The molecule has 3 rings (SSSR count). The molecule has 0 bridgehead atoms. The summed E-state index contributed by atoms with van der Waals surface area (Å²) >= 11 is 7.47. The van der Waals surface area contributed by atoms with Crippen molar-refractivity contribution in [3.63, 3.8) is 0 Å². The van der Waals surface area contributed by atoms with Crippen molar-refractivity contribution in [1.82, 2.24) is 14.8 Å². The zero-order valence-corrected chi connectivity index (χ0v) is 18.5. The lowest BCUT2D eigenvalue weighted by atomic mass is 10.3. The minimum atomic E-state index is -0.273. The van der Waals surface area contributed by atoms with Gasteiger partial charge in [0.05, 0.1) is 13.7 Å². The van der Waals surface area contributed by atoms with Gasteiger partial charge in [0.1, 0.15) is 17.2 Å². The number of ether oxygens (including phenoxy) is 3. The Morgan fingerprint density at radius 2 is 1.73 bits per heavy atom. The highest BCUT2D eigenvalue weighted by Gasteiger charge is 2.19. The number of halogens is 1. The Morgan fingerprint density at radius 3 is 2.40 bits per heavy atom. The third-order valence-corrected chi connectivity index (χ3v) is 5.37. The Balaban J connectivity index is 1.60. The van der Waals surface area contributed by atoms with Crippen LogP contribution < -0.4 is 14.2 Å². The van der Waals surface area contributed by atoms with Gasteiger partial charge in [0.25, 0.3) is 0 Å². The maximum absolute atomic E-state index is 6.04. The van der Waals surface area contributed by atoms with E-state index in [2.05, 4.69) is 16.8 Å². The van der Waals surface area contributed by atoms with Crippen LogP contribution in [0.5, 0.6) is 17.2 Å². The van der Waals surface area contributed by atoms with Crippen molar-refractivity contribution in [1.29, 1.82) is 0 Å². The van der Waals surface area contributed by atoms with E-state index in [4.69, 9.17) is 25.8 Å². The number of thioether (sulfide) groups is 1. The van der Waals surface area contributed by atoms with Crippen molar-refractivity contribution in [2.45, 2.75) is 24.7 Å². The molecule has 0 amide bonds. The lowest BCUT2D eigenvalue weighted by molar-refractivity contribution is 0.210. The van der Waals surface area contributed by atoms with Crippen LogP contribution in [0.25, 0.3) is 0 Å². The van der Waals surface area contributed by atoms with Gasteiger partial charge in [-0.15, -0.1) is 16.8 Å². The third-order valence-electron chi connectivity index (χ3n) is 4.19. The van der Waals surface area contributed by atoms with Gasteiger partial charge >= 0.3 is 0 Å². The Bertz CT molecular complexity index is 945. The smallest absolute Gasteiger partial charge is 0.191 e. The first-order valence-corrected chi connectivity index (χ1v) is 10.8. The van der Waals surface area contributed by atoms with Crippen LogP contribution in [0.2, 0.25) is 5.02 Å². The predicted octanol–water partition coefficient (Wildman–Crippen LogP) is 5.44. The minimum Gasteiger partial charge on any atom is -0.497 e. The largest absolute Gasteiger partial charge is 0.497 e. The molecule has 1 atom stereocenters. The summed E-state index contributed by atoms with van der Waals surface area (Å²) in [5.74, 6) is 3.78. The van der Waals surface area contributed by atoms with Crippen molar-refractivity contribution >= 4 is 23.4 Å². The highest BCUT2D eigenvalue weighted by Crippen LogP contribution is 2.26. The molecule has 0 spiro atoms. The molecule has 0 aliphatic carbocycles. The summed E-state index contributed by atoms with van der Waals surface area (Å²) in [7, 11) is 1.63. The predicted molar refractivity (Wildman–Crippen MR) is 120 cm³/mol. The first-order chi connectivity index (χ1) is 14.6. The molecule has 2 aromatic carbocycles. The second kappa shape index (κ2) is 10.9. The van der Waals surface area contributed by atoms with Gasteiger partial charge < -0.3 is 14.2 Å². The number of nitrogens with zero attached hydrogens (tertiary/aromatic N) is 3. The van der Waals surface area contributed by atoms with E-state index in [0.29, 0.717) is 18.2 Å². The second-order valence-corrected chi connectivity index (χ2v) is 7.83. The van der Waals surface area contributed by atoms with E-state index in [-0.39, 0.29) is 6.10 Å². The molecular weight excluding hydrogens is 422 g/mol. The first kappa shape index (κ1) is 22.1. The molecule has 1 unspecified atom stereocenters. The summed E-state index contributed by atoms with van der Waals surface area (Å²) in [6.45, 7) is 6.94. The Labute approximate surface area is 185 Å². The standard InChI is InChI=1S/C22H24ClN3O3S/c1-4-13-26-21(16(2)29-20-11-9-18(27-3)10-12-20)24-25-22(26)30-15-14-28-19-7-5-17(23)6-8-19/h4-12,16H,1,13-15H2,2-3H3. The molecule has 0 N–H and O–H groups in total. The Hall–Kier alpha value is -2.64. The highest BCUT2D eigenvalue weighted by atomic mass is 35.5. The molecule has 0 saturated carbocycles. The number of benzene rings is 2. The van der Waals surface area contributed by atoms with Crippen molar-refractivity contribution < 1.29 is 14.2 Å². The number of allylic oxidation sites excluding steroid dienone is 1.